The number of piperidine rings is 1. The van der Waals surface area contributed by atoms with Gasteiger partial charge in [-0.25, -0.2) is 0 Å². The van der Waals surface area contributed by atoms with Crippen molar-refractivity contribution in [3.63, 3.8) is 0 Å². The summed E-state index contributed by atoms with van der Waals surface area (Å²) in [6, 6.07) is 15.8. The van der Waals surface area contributed by atoms with Gasteiger partial charge in [0.15, 0.2) is 0 Å². The quantitative estimate of drug-likeness (QED) is 0.718. The molecule has 0 unspecified atom stereocenters. The lowest BCUT2D eigenvalue weighted by molar-refractivity contribution is -0.135. The number of carbonyl (C=O) groups excluding carboxylic acids is 2. The van der Waals surface area contributed by atoms with Gasteiger partial charge in [-0.2, -0.15) is 0 Å². The normalized spacial score (nSPS) is 21.0. The van der Waals surface area contributed by atoms with Gasteiger partial charge in [-0.05, 0) is 67.2 Å². The summed E-state index contributed by atoms with van der Waals surface area (Å²) in [6.07, 6.45) is 6.01. The first-order valence-corrected chi connectivity index (χ1v) is 13.1. The molecular formula is C29H36N2O4. The number of ether oxygens (including phenoxy) is 1. The highest BCUT2D eigenvalue weighted by Crippen LogP contribution is 2.37. The van der Waals surface area contributed by atoms with Gasteiger partial charge in [0.25, 0.3) is 5.91 Å². The van der Waals surface area contributed by atoms with Crippen molar-refractivity contribution >= 4 is 11.8 Å². The van der Waals surface area contributed by atoms with Crippen LogP contribution in [0.1, 0.15) is 53.6 Å². The van der Waals surface area contributed by atoms with Crippen LogP contribution in [-0.4, -0.2) is 66.1 Å². The Morgan fingerprint density at radius 2 is 1.60 bits per heavy atom. The summed E-state index contributed by atoms with van der Waals surface area (Å²) in [4.78, 5) is 30.7. The third kappa shape index (κ3) is 5.08. The lowest BCUT2D eigenvalue weighted by atomic mass is 9.75. The molecule has 1 N–H and O–H groups in total. The lowest BCUT2D eigenvalue weighted by Gasteiger charge is -2.41. The maximum Gasteiger partial charge on any atom is 0.257 e. The molecule has 4 aliphatic rings. The van der Waals surface area contributed by atoms with Gasteiger partial charge in [-0.3, -0.25) is 9.59 Å². The van der Waals surface area contributed by atoms with Crippen LogP contribution in [0.4, 0.5) is 0 Å². The largest absolute Gasteiger partial charge is 0.491 e. The molecule has 0 radical (unpaired) electrons. The van der Waals surface area contributed by atoms with Crippen LogP contribution in [0.25, 0.3) is 0 Å². The van der Waals surface area contributed by atoms with Crippen LogP contribution in [0.3, 0.4) is 0 Å². The Kier molecular flexibility index (Phi) is 7.09. The van der Waals surface area contributed by atoms with Gasteiger partial charge in [0.05, 0.1) is 12.1 Å². The lowest BCUT2D eigenvalue weighted by Crippen LogP contribution is -2.44. The van der Waals surface area contributed by atoms with Crippen LogP contribution in [0.5, 0.6) is 5.75 Å². The Balaban J connectivity index is 1.34. The number of aliphatic hydroxyl groups is 1. The van der Waals surface area contributed by atoms with Crippen molar-refractivity contribution in [2.45, 2.75) is 44.9 Å². The van der Waals surface area contributed by atoms with Crippen molar-refractivity contribution in [1.29, 1.82) is 0 Å². The molecule has 0 saturated carbocycles. The molecule has 3 aliphatic heterocycles. The van der Waals surface area contributed by atoms with E-state index in [1.807, 2.05) is 46.2 Å². The van der Waals surface area contributed by atoms with Crippen LogP contribution < -0.4 is 4.74 Å². The van der Waals surface area contributed by atoms with Crippen molar-refractivity contribution in [2.75, 3.05) is 39.4 Å². The molecule has 6 rings (SSSR count). The highest BCUT2D eigenvalue weighted by Gasteiger charge is 2.36. The highest BCUT2D eigenvalue weighted by molar-refractivity contribution is 5.97. The van der Waals surface area contributed by atoms with Gasteiger partial charge in [0, 0.05) is 32.2 Å². The van der Waals surface area contributed by atoms with Crippen LogP contribution in [0.2, 0.25) is 0 Å². The van der Waals surface area contributed by atoms with Crippen LogP contribution in [0.15, 0.2) is 48.5 Å². The highest BCUT2D eigenvalue weighted by atomic mass is 16.5. The monoisotopic (exact) mass is 476 g/mol. The second-order valence-electron chi connectivity index (χ2n) is 10.5. The number of hydrogen-bond donors (Lipinski definition) is 1. The van der Waals surface area contributed by atoms with Gasteiger partial charge in [0.2, 0.25) is 5.91 Å². The predicted octanol–water partition coefficient (Wildman–Crippen LogP) is 3.71. The Morgan fingerprint density at radius 1 is 0.914 bits per heavy atom. The zero-order chi connectivity index (χ0) is 24.3. The van der Waals surface area contributed by atoms with Crippen molar-refractivity contribution in [3.8, 4) is 5.75 Å². The Morgan fingerprint density at radius 3 is 2.31 bits per heavy atom. The Labute approximate surface area is 207 Å². The molecule has 6 nitrogen and oxygen atoms in total. The first-order chi connectivity index (χ1) is 17.1. The molecule has 0 atom stereocenters. The molecule has 2 aromatic carbocycles. The standard InChI is InChI=1S/C29H36N2O4/c32-21-29-11-5-6-14-30(27(33)24-19-22-7-1-2-8-23(22)20-24)17-18-35-26-10-4-3-9-25(26)28(34)31(15-12-29)16-13-29/h1-4,7-10,24,32H,5-6,11-21H2. The van der Waals surface area contributed by atoms with Gasteiger partial charge in [-0.15, -0.1) is 0 Å². The second kappa shape index (κ2) is 10.4. The fraction of sp³-hybridized carbons (Fsp3) is 0.517. The minimum Gasteiger partial charge on any atom is -0.491 e. The summed E-state index contributed by atoms with van der Waals surface area (Å²) in [5.41, 5.74) is 3.00. The van der Waals surface area contributed by atoms with E-state index in [4.69, 9.17) is 4.74 Å². The van der Waals surface area contributed by atoms with E-state index < -0.39 is 0 Å². The zero-order valence-electron chi connectivity index (χ0n) is 20.5. The van der Waals surface area contributed by atoms with Gasteiger partial charge in [0.1, 0.15) is 12.4 Å². The van der Waals surface area contributed by atoms with Crippen molar-refractivity contribution < 1.29 is 19.4 Å². The minimum atomic E-state index is -0.130. The summed E-state index contributed by atoms with van der Waals surface area (Å²) in [6.45, 7) is 3.02. The van der Waals surface area contributed by atoms with Gasteiger partial charge < -0.3 is 19.6 Å². The molecule has 1 saturated heterocycles. The second-order valence-corrected chi connectivity index (χ2v) is 10.5. The smallest absolute Gasteiger partial charge is 0.257 e. The number of rotatable bonds is 2. The molecule has 1 aliphatic carbocycles. The molecule has 0 spiro atoms. The topological polar surface area (TPSA) is 70.1 Å². The molecule has 2 bridgehead atoms. The van der Waals surface area contributed by atoms with Gasteiger partial charge >= 0.3 is 0 Å². The van der Waals surface area contributed by atoms with E-state index in [1.54, 1.807) is 0 Å². The number of fused-ring (bicyclic) bond motifs is 10. The average molecular weight is 477 g/mol. The maximum atomic E-state index is 13.6. The fourth-order valence-electron chi connectivity index (χ4n) is 6.00. The first kappa shape index (κ1) is 23.9. The number of aliphatic hydroxyl groups excluding tert-OH is 1. The first-order valence-electron chi connectivity index (χ1n) is 13.1. The maximum absolute atomic E-state index is 13.6. The minimum absolute atomic E-state index is 0.0151. The van der Waals surface area contributed by atoms with E-state index in [-0.39, 0.29) is 29.8 Å². The SMILES string of the molecule is O=C1c2ccccc2OCCN(C(=O)C2Cc3ccccc3C2)CCCCC2(CO)CCN1CC2. The molecular weight excluding hydrogens is 440 g/mol. The molecule has 1 fully saturated rings. The number of hydrogen-bond acceptors (Lipinski definition) is 4. The number of carbonyl (C=O) groups is 2. The number of nitrogens with zero attached hydrogens (tertiary/aromatic N) is 2. The molecule has 2 aromatic rings. The average Bonchev–Trinajstić information content (AvgIpc) is 3.34. The number of amides is 2. The van der Waals surface area contributed by atoms with Crippen molar-refractivity contribution in [1.82, 2.24) is 9.80 Å². The molecule has 0 aromatic heterocycles. The zero-order valence-corrected chi connectivity index (χ0v) is 20.5. The van der Waals surface area contributed by atoms with Gasteiger partial charge in [-0.1, -0.05) is 42.8 Å². The molecule has 35 heavy (non-hydrogen) atoms. The molecule has 3 heterocycles. The molecule has 2 amide bonds. The summed E-state index contributed by atoms with van der Waals surface area (Å²) in [5, 5.41) is 10.2. The van der Waals surface area contributed by atoms with E-state index in [9.17, 15) is 14.7 Å². The van der Waals surface area contributed by atoms with E-state index in [1.165, 1.54) is 11.1 Å². The summed E-state index contributed by atoms with van der Waals surface area (Å²) >= 11 is 0. The van der Waals surface area contributed by atoms with Crippen LogP contribution in [-0.2, 0) is 17.6 Å². The van der Waals surface area contributed by atoms with Crippen molar-refractivity contribution in [2.24, 2.45) is 11.3 Å². The molecule has 6 heteroatoms. The summed E-state index contributed by atoms with van der Waals surface area (Å²) in [5.74, 6) is 0.739. The van der Waals surface area contributed by atoms with Crippen molar-refractivity contribution in [3.05, 3.63) is 65.2 Å². The summed E-state index contributed by atoms with van der Waals surface area (Å²) < 4.78 is 6.10. The third-order valence-corrected chi connectivity index (χ3v) is 8.28. The Bertz CT molecular complexity index is 1040. The van der Waals surface area contributed by atoms with E-state index in [0.29, 0.717) is 44.1 Å². The van der Waals surface area contributed by atoms with Crippen LogP contribution in [0, 0.1) is 11.3 Å². The van der Waals surface area contributed by atoms with E-state index in [0.717, 1.165) is 44.9 Å². The molecule has 186 valence electrons. The van der Waals surface area contributed by atoms with E-state index in [2.05, 4.69) is 12.1 Å². The number of benzene rings is 2. The third-order valence-electron chi connectivity index (χ3n) is 8.28. The fourth-order valence-corrected chi connectivity index (χ4v) is 6.00. The van der Waals surface area contributed by atoms with E-state index >= 15 is 0 Å². The summed E-state index contributed by atoms with van der Waals surface area (Å²) in [7, 11) is 0. The predicted molar refractivity (Wildman–Crippen MR) is 134 cm³/mol. The van der Waals surface area contributed by atoms with Crippen LogP contribution >= 0.6 is 0 Å². The Hall–Kier alpha value is -2.86. The number of para-hydroxylation sites is 1.